The number of carbonyl (C=O) groups excluding carboxylic acids is 1. The van der Waals surface area contributed by atoms with Crippen LogP contribution in [0.25, 0.3) is 0 Å². The minimum atomic E-state index is -0.456. The molecule has 3 N–H and O–H groups in total. The molecule has 138 valence electrons. The lowest BCUT2D eigenvalue weighted by Crippen LogP contribution is -2.38. The molecule has 0 aliphatic carbocycles. The van der Waals surface area contributed by atoms with E-state index in [9.17, 15) is 4.79 Å². The number of hydrogen-bond donors (Lipinski definition) is 2. The summed E-state index contributed by atoms with van der Waals surface area (Å²) in [5.41, 5.74) is 7.98. The number of rotatable bonds is 5. The lowest BCUT2D eigenvalue weighted by molar-refractivity contribution is -0.122. The third-order valence-corrected chi connectivity index (χ3v) is 4.25. The van der Waals surface area contributed by atoms with Gasteiger partial charge in [-0.05, 0) is 36.3 Å². The van der Waals surface area contributed by atoms with Crippen molar-refractivity contribution in [1.82, 2.24) is 10.2 Å². The topological polar surface area (TPSA) is 58.4 Å². The van der Waals surface area contributed by atoms with E-state index in [-0.39, 0.29) is 30.7 Å². The number of hydrogen-bond acceptors (Lipinski definition) is 3. The number of halogens is 2. The van der Waals surface area contributed by atoms with Gasteiger partial charge in [-0.1, -0.05) is 38.1 Å². The fourth-order valence-corrected chi connectivity index (χ4v) is 3.29. The molecule has 0 saturated carbocycles. The Labute approximate surface area is 158 Å². The lowest BCUT2D eigenvalue weighted by atomic mass is 9.91. The summed E-state index contributed by atoms with van der Waals surface area (Å²) in [4.78, 5) is 14.0. The summed E-state index contributed by atoms with van der Waals surface area (Å²) in [7, 11) is 0. The number of piperidine rings is 1. The molecular weight excluding hydrogens is 345 g/mol. The van der Waals surface area contributed by atoms with Crippen molar-refractivity contribution in [3.05, 3.63) is 35.4 Å². The molecule has 0 spiro atoms. The maximum atomic E-state index is 11.5. The quantitative estimate of drug-likeness (QED) is 0.831. The van der Waals surface area contributed by atoms with Crippen LogP contribution in [0, 0.1) is 11.8 Å². The van der Waals surface area contributed by atoms with Gasteiger partial charge in [0, 0.05) is 26.2 Å². The summed E-state index contributed by atoms with van der Waals surface area (Å²) in [6, 6.07) is 8.05. The van der Waals surface area contributed by atoms with Crippen molar-refractivity contribution in [2.75, 3.05) is 13.1 Å². The number of nitrogens with zero attached hydrogens (tertiary/aromatic N) is 1. The van der Waals surface area contributed by atoms with E-state index in [1.807, 2.05) is 0 Å². The number of nitrogens with one attached hydrogen (secondary N) is 1. The predicted molar refractivity (Wildman–Crippen MR) is 105 cm³/mol. The number of benzene rings is 1. The number of carbonyl (C=O) groups is 1. The molecule has 0 radical (unpaired) electrons. The first-order valence-corrected chi connectivity index (χ1v) is 8.27. The van der Waals surface area contributed by atoms with Crippen molar-refractivity contribution in [2.45, 2.75) is 46.3 Å². The zero-order valence-electron chi connectivity index (χ0n) is 14.8. The number of likely N-dealkylation sites (tertiary alicyclic amines) is 1. The molecule has 0 bridgehead atoms. The molecule has 2 unspecified atom stereocenters. The fraction of sp³-hybridized carbons (Fsp3) is 0.611. The van der Waals surface area contributed by atoms with Crippen molar-refractivity contribution in [3.8, 4) is 0 Å². The smallest absolute Gasteiger partial charge is 0.236 e. The molecule has 3 atom stereocenters. The van der Waals surface area contributed by atoms with Crippen LogP contribution >= 0.6 is 24.8 Å². The molecule has 1 amide bonds. The molecule has 24 heavy (non-hydrogen) atoms. The van der Waals surface area contributed by atoms with Crippen molar-refractivity contribution in [3.63, 3.8) is 0 Å². The molecule has 1 aromatic carbocycles. The standard InChI is InChI=1S/C18H29N3O.2ClH/c1-13-8-14(2)11-21(10-13)12-17-6-4-16(5-7-17)9-20-18(22)15(3)19;;/h4-7,13-15H,8-12,19H2,1-3H3,(H,20,22);2*1H/t13?,14?,15-;;/m1../s1. The molecule has 0 aromatic heterocycles. The van der Waals surface area contributed by atoms with Crippen molar-refractivity contribution < 1.29 is 4.79 Å². The highest BCUT2D eigenvalue weighted by atomic mass is 35.5. The highest BCUT2D eigenvalue weighted by Crippen LogP contribution is 2.22. The van der Waals surface area contributed by atoms with Gasteiger partial charge in [-0.2, -0.15) is 0 Å². The first kappa shape index (κ1) is 23.2. The van der Waals surface area contributed by atoms with Crippen LogP contribution in [0.5, 0.6) is 0 Å². The molecule has 6 heteroatoms. The molecule has 1 aromatic rings. The Morgan fingerprint density at radius 1 is 1.17 bits per heavy atom. The van der Waals surface area contributed by atoms with Crippen molar-refractivity contribution in [2.24, 2.45) is 17.6 Å². The van der Waals surface area contributed by atoms with Crippen molar-refractivity contribution >= 4 is 30.7 Å². The van der Waals surface area contributed by atoms with Gasteiger partial charge in [0.15, 0.2) is 0 Å². The summed E-state index contributed by atoms with van der Waals surface area (Å²) in [6.07, 6.45) is 1.34. The van der Waals surface area contributed by atoms with Crippen molar-refractivity contribution in [1.29, 1.82) is 0 Å². The second-order valence-corrected chi connectivity index (χ2v) is 6.96. The summed E-state index contributed by atoms with van der Waals surface area (Å²) in [5, 5.41) is 2.84. The Bertz CT molecular complexity index is 484. The monoisotopic (exact) mass is 375 g/mol. The molecule has 2 rings (SSSR count). The second-order valence-electron chi connectivity index (χ2n) is 6.96. The van der Waals surface area contributed by atoms with Crippen LogP contribution in [-0.4, -0.2) is 29.9 Å². The van der Waals surface area contributed by atoms with Gasteiger partial charge in [0.1, 0.15) is 0 Å². The number of nitrogens with two attached hydrogens (primary N) is 1. The maximum Gasteiger partial charge on any atom is 0.236 e. The van der Waals surface area contributed by atoms with Crippen LogP contribution in [0.2, 0.25) is 0 Å². The van der Waals surface area contributed by atoms with E-state index < -0.39 is 6.04 Å². The maximum absolute atomic E-state index is 11.5. The van der Waals surface area contributed by atoms with E-state index in [0.717, 1.165) is 23.9 Å². The van der Waals surface area contributed by atoms with Crippen LogP contribution in [0.4, 0.5) is 0 Å². The Morgan fingerprint density at radius 2 is 1.67 bits per heavy atom. The fourth-order valence-electron chi connectivity index (χ4n) is 3.29. The zero-order chi connectivity index (χ0) is 16.1. The van der Waals surface area contributed by atoms with Crippen LogP contribution < -0.4 is 11.1 Å². The zero-order valence-corrected chi connectivity index (χ0v) is 16.5. The second kappa shape index (κ2) is 10.9. The third kappa shape index (κ3) is 7.39. The normalized spacial score (nSPS) is 22.0. The van der Waals surface area contributed by atoms with Crippen LogP contribution in [0.15, 0.2) is 24.3 Å². The third-order valence-electron chi connectivity index (χ3n) is 4.25. The van der Waals surface area contributed by atoms with Crippen LogP contribution in [-0.2, 0) is 17.9 Å². The summed E-state index contributed by atoms with van der Waals surface area (Å²) in [5.74, 6) is 1.47. The average molecular weight is 376 g/mol. The Morgan fingerprint density at radius 3 is 2.17 bits per heavy atom. The molecule has 1 heterocycles. The van der Waals surface area contributed by atoms with Gasteiger partial charge in [-0.25, -0.2) is 0 Å². The Hall–Kier alpha value is -0.810. The molecule has 1 aliphatic heterocycles. The SMILES string of the molecule is CC1CC(C)CN(Cc2ccc(CNC(=O)[C@@H](C)N)cc2)C1.Cl.Cl. The predicted octanol–water partition coefficient (Wildman–Crippen LogP) is 2.97. The van der Waals surface area contributed by atoms with E-state index in [1.165, 1.54) is 25.1 Å². The molecule has 1 saturated heterocycles. The van der Waals surface area contributed by atoms with E-state index in [0.29, 0.717) is 6.54 Å². The molecule has 4 nitrogen and oxygen atoms in total. The Balaban J connectivity index is 0.00000264. The summed E-state index contributed by atoms with van der Waals surface area (Å²) in [6.45, 7) is 10.3. The van der Waals surface area contributed by atoms with Crippen LogP contribution in [0.3, 0.4) is 0 Å². The van der Waals surface area contributed by atoms with E-state index in [2.05, 4.69) is 48.3 Å². The first-order valence-electron chi connectivity index (χ1n) is 8.27. The van der Waals surface area contributed by atoms with Gasteiger partial charge in [0.2, 0.25) is 5.91 Å². The van der Waals surface area contributed by atoms with Gasteiger partial charge in [0.05, 0.1) is 6.04 Å². The van der Waals surface area contributed by atoms with Gasteiger partial charge in [-0.3, -0.25) is 9.69 Å². The highest BCUT2D eigenvalue weighted by molar-refractivity contribution is 5.85. The lowest BCUT2D eigenvalue weighted by Gasteiger charge is -2.35. The minimum Gasteiger partial charge on any atom is -0.351 e. The van der Waals surface area contributed by atoms with Gasteiger partial charge in [-0.15, -0.1) is 24.8 Å². The molecular formula is C18H31Cl2N3O. The largest absolute Gasteiger partial charge is 0.351 e. The highest BCUT2D eigenvalue weighted by Gasteiger charge is 2.21. The van der Waals surface area contributed by atoms with Gasteiger partial charge in [0.25, 0.3) is 0 Å². The number of amides is 1. The molecule has 1 aliphatic rings. The first-order chi connectivity index (χ1) is 10.4. The van der Waals surface area contributed by atoms with Gasteiger partial charge < -0.3 is 11.1 Å². The summed E-state index contributed by atoms with van der Waals surface area (Å²) < 4.78 is 0. The summed E-state index contributed by atoms with van der Waals surface area (Å²) >= 11 is 0. The van der Waals surface area contributed by atoms with Crippen LogP contribution in [0.1, 0.15) is 38.3 Å². The minimum absolute atomic E-state index is 0. The van der Waals surface area contributed by atoms with Gasteiger partial charge >= 0.3 is 0 Å². The van der Waals surface area contributed by atoms with E-state index >= 15 is 0 Å². The van der Waals surface area contributed by atoms with E-state index in [1.54, 1.807) is 6.92 Å². The molecule has 1 fully saturated rings. The van der Waals surface area contributed by atoms with E-state index in [4.69, 9.17) is 5.73 Å². The average Bonchev–Trinajstić information content (AvgIpc) is 2.45. The Kier molecular flexibility index (Phi) is 10.6.